The quantitative estimate of drug-likeness (QED) is 0.372. The van der Waals surface area contributed by atoms with Crippen molar-refractivity contribution in [3.8, 4) is 11.5 Å². The zero-order valence-corrected chi connectivity index (χ0v) is 21.0. The monoisotopic (exact) mass is 521 g/mol. The molecule has 0 saturated carbocycles. The average molecular weight is 522 g/mol. The van der Waals surface area contributed by atoms with Crippen LogP contribution in [0.4, 0.5) is 0 Å². The Labute approximate surface area is 202 Å². The Hall–Kier alpha value is -2.65. The molecule has 0 unspecified atom stereocenters. The van der Waals surface area contributed by atoms with E-state index in [0.717, 1.165) is 16.5 Å². The van der Waals surface area contributed by atoms with Gasteiger partial charge in [0.25, 0.3) is 11.8 Å². The standard InChI is InChI=1S/C23H28BrN3O4S/c1-5-12-30-18-9-7-6-8-16(18)21(29)25-22(32)27-26-20(28)14-31-19-11-10-15(13-17(19)24)23(2,3)4/h6-11,13H,5,12,14H2,1-4H3,(H,26,28)(H2,25,27,29,32). The number of carbonyl (C=O) groups is 2. The van der Waals surface area contributed by atoms with Crippen LogP contribution < -0.4 is 25.6 Å². The van der Waals surface area contributed by atoms with Crippen LogP contribution in [0.25, 0.3) is 0 Å². The topological polar surface area (TPSA) is 88.7 Å². The van der Waals surface area contributed by atoms with Crippen molar-refractivity contribution >= 4 is 45.1 Å². The van der Waals surface area contributed by atoms with Crippen molar-refractivity contribution in [3.63, 3.8) is 0 Å². The summed E-state index contributed by atoms with van der Waals surface area (Å²) >= 11 is 8.55. The number of hydrogen-bond donors (Lipinski definition) is 3. The molecular weight excluding hydrogens is 494 g/mol. The highest BCUT2D eigenvalue weighted by Crippen LogP contribution is 2.31. The zero-order chi connectivity index (χ0) is 23.7. The summed E-state index contributed by atoms with van der Waals surface area (Å²) in [6, 6.07) is 12.6. The first-order valence-electron chi connectivity index (χ1n) is 10.2. The molecule has 0 aliphatic carbocycles. The van der Waals surface area contributed by atoms with E-state index in [9.17, 15) is 9.59 Å². The van der Waals surface area contributed by atoms with Gasteiger partial charge in [-0.1, -0.05) is 45.9 Å². The molecular formula is C23H28BrN3O4S. The van der Waals surface area contributed by atoms with Gasteiger partial charge in [-0.3, -0.25) is 25.8 Å². The number of amides is 2. The minimum atomic E-state index is -0.458. The highest BCUT2D eigenvalue weighted by Gasteiger charge is 2.16. The van der Waals surface area contributed by atoms with Gasteiger partial charge in [-0.25, -0.2) is 0 Å². The molecule has 0 aliphatic rings. The molecule has 0 spiro atoms. The van der Waals surface area contributed by atoms with Crippen molar-refractivity contribution in [1.82, 2.24) is 16.2 Å². The summed E-state index contributed by atoms with van der Waals surface area (Å²) in [6.07, 6.45) is 0.821. The SMILES string of the molecule is CCCOc1ccccc1C(=O)NC(=S)NNC(=O)COc1ccc(C(C)(C)C)cc1Br. The third kappa shape index (κ3) is 7.80. The first-order valence-corrected chi connectivity index (χ1v) is 11.4. The molecule has 172 valence electrons. The second-order valence-electron chi connectivity index (χ2n) is 7.98. The van der Waals surface area contributed by atoms with Gasteiger partial charge < -0.3 is 9.47 Å². The number of hydrazine groups is 1. The predicted molar refractivity (Wildman–Crippen MR) is 132 cm³/mol. The van der Waals surface area contributed by atoms with Crippen LogP contribution >= 0.6 is 28.1 Å². The number of halogens is 1. The van der Waals surface area contributed by atoms with Crippen molar-refractivity contribution in [1.29, 1.82) is 0 Å². The van der Waals surface area contributed by atoms with E-state index in [1.165, 1.54) is 0 Å². The molecule has 0 bridgehead atoms. The summed E-state index contributed by atoms with van der Waals surface area (Å²) in [5, 5.41) is 2.46. The fourth-order valence-electron chi connectivity index (χ4n) is 2.58. The summed E-state index contributed by atoms with van der Waals surface area (Å²) < 4.78 is 11.9. The van der Waals surface area contributed by atoms with Crippen molar-refractivity contribution in [2.45, 2.75) is 39.5 Å². The van der Waals surface area contributed by atoms with E-state index in [0.29, 0.717) is 23.7 Å². The number of para-hydroxylation sites is 1. The molecule has 2 aromatic carbocycles. The molecule has 2 amide bonds. The van der Waals surface area contributed by atoms with E-state index in [2.05, 4.69) is 52.9 Å². The lowest BCUT2D eigenvalue weighted by Crippen LogP contribution is -2.49. The highest BCUT2D eigenvalue weighted by molar-refractivity contribution is 9.10. The molecule has 3 N–H and O–H groups in total. The Kier molecular flexibility index (Phi) is 9.46. The number of ether oxygens (including phenoxy) is 2. The van der Waals surface area contributed by atoms with Crippen LogP contribution in [-0.2, 0) is 10.2 Å². The first-order chi connectivity index (χ1) is 15.1. The summed E-state index contributed by atoms with van der Waals surface area (Å²) in [7, 11) is 0. The van der Waals surface area contributed by atoms with Gasteiger partial charge in [0, 0.05) is 0 Å². The van der Waals surface area contributed by atoms with Crippen molar-refractivity contribution < 1.29 is 19.1 Å². The van der Waals surface area contributed by atoms with Crippen LogP contribution in [0.5, 0.6) is 11.5 Å². The van der Waals surface area contributed by atoms with Crippen molar-refractivity contribution in [2.24, 2.45) is 0 Å². The number of thiocarbonyl (C=S) groups is 1. The maximum Gasteiger partial charge on any atom is 0.276 e. The molecule has 0 atom stereocenters. The van der Waals surface area contributed by atoms with Crippen LogP contribution in [0, 0.1) is 0 Å². The predicted octanol–water partition coefficient (Wildman–Crippen LogP) is 4.25. The lowest BCUT2D eigenvalue weighted by Gasteiger charge is -2.20. The van der Waals surface area contributed by atoms with Gasteiger partial charge in [0.2, 0.25) is 0 Å². The summed E-state index contributed by atoms with van der Waals surface area (Å²) in [5.41, 5.74) is 6.39. The van der Waals surface area contributed by atoms with E-state index in [-0.39, 0.29) is 17.1 Å². The summed E-state index contributed by atoms with van der Waals surface area (Å²) in [6.45, 7) is 8.60. The minimum Gasteiger partial charge on any atom is -0.493 e. The van der Waals surface area contributed by atoms with Gasteiger partial charge in [0.15, 0.2) is 11.7 Å². The molecule has 0 heterocycles. The van der Waals surface area contributed by atoms with Crippen LogP contribution in [0.1, 0.15) is 50.0 Å². The van der Waals surface area contributed by atoms with Gasteiger partial charge >= 0.3 is 0 Å². The largest absolute Gasteiger partial charge is 0.493 e. The first kappa shape index (κ1) is 25.6. The van der Waals surface area contributed by atoms with E-state index in [1.54, 1.807) is 24.3 Å². The van der Waals surface area contributed by atoms with Gasteiger partial charge in [0.1, 0.15) is 11.5 Å². The van der Waals surface area contributed by atoms with Gasteiger partial charge in [-0.05, 0) is 69.8 Å². The van der Waals surface area contributed by atoms with Crippen LogP contribution in [0.3, 0.4) is 0 Å². The molecule has 32 heavy (non-hydrogen) atoms. The number of carbonyl (C=O) groups excluding carboxylic acids is 2. The normalized spacial score (nSPS) is 10.8. The molecule has 2 aromatic rings. The lowest BCUT2D eigenvalue weighted by atomic mass is 9.87. The Morgan fingerprint density at radius 2 is 1.75 bits per heavy atom. The van der Waals surface area contributed by atoms with Crippen LogP contribution in [0.2, 0.25) is 0 Å². The number of benzene rings is 2. The third-order valence-corrected chi connectivity index (χ3v) is 5.12. The molecule has 0 fully saturated rings. The molecule has 0 saturated heterocycles. The number of nitrogens with one attached hydrogen (secondary N) is 3. The maximum absolute atomic E-state index is 12.5. The molecule has 0 aliphatic heterocycles. The zero-order valence-electron chi connectivity index (χ0n) is 18.6. The van der Waals surface area contributed by atoms with E-state index in [1.807, 2.05) is 25.1 Å². The Balaban J connectivity index is 1.82. The Morgan fingerprint density at radius 1 is 1.03 bits per heavy atom. The Morgan fingerprint density at radius 3 is 2.41 bits per heavy atom. The van der Waals surface area contributed by atoms with Crippen molar-refractivity contribution in [2.75, 3.05) is 13.2 Å². The second kappa shape index (κ2) is 11.8. The van der Waals surface area contributed by atoms with Gasteiger partial charge in [-0.2, -0.15) is 0 Å². The highest BCUT2D eigenvalue weighted by atomic mass is 79.9. The fraction of sp³-hybridized carbons (Fsp3) is 0.348. The lowest BCUT2D eigenvalue weighted by molar-refractivity contribution is -0.123. The number of rotatable bonds is 7. The molecule has 0 aromatic heterocycles. The third-order valence-electron chi connectivity index (χ3n) is 4.29. The van der Waals surface area contributed by atoms with Crippen LogP contribution in [-0.4, -0.2) is 30.1 Å². The minimum absolute atomic E-state index is 0.00507. The number of hydrogen-bond acceptors (Lipinski definition) is 5. The average Bonchev–Trinajstić information content (AvgIpc) is 2.74. The molecule has 7 nitrogen and oxygen atoms in total. The van der Waals surface area contributed by atoms with Gasteiger partial charge in [-0.15, -0.1) is 0 Å². The maximum atomic E-state index is 12.5. The van der Waals surface area contributed by atoms with Crippen LogP contribution in [0.15, 0.2) is 46.9 Å². The van der Waals surface area contributed by atoms with Gasteiger partial charge in [0.05, 0.1) is 16.6 Å². The molecule has 0 radical (unpaired) electrons. The van der Waals surface area contributed by atoms with E-state index < -0.39 is 11.8 Å². The van der Waals surface area contributed by atoms with E-state index >= 15 is 0 Å². The molecule has 2 rings (SSSR count). The van der Waals surface area contributed by atoms with E-state index in [4.69, 9.17) is 21.7 Å². The summed E-state index contributed by atoms with van der Waals surface area (Å²) in [4.78, 5) is 24.5. The summed E-state index contributed by atoms with van der Waals surface area (Å²) in [5.74, 6) is 0.116. The molecule has 9 heteroatoms. The fourth-order valence-corrected chi connectivity index (χ4v) is 3.22. The second-order valence-corrected chi connectivity index (χ2v) is 9.25. The Bertz CT molecular complexity index is 976. The van der Waals surface area contributed by atoms with Crippen molar-refractivity contribution in [3.05, 3.63) is 58.1 Å². The smallest absolute Gasteiger partial charge is 0.276 e.